The lowest BCUT2D eigenvalue weighted by atomic mass is 10.2. The van der Waals surface area contributed by atoms with Crippen LogP contribution in [0.3, 0.4) is 0 Å². The van der Waals surface area contributed by atoms with E-state index in [9.17, 15) is 4.39 Å². The molecule has 0 N–H and O–H groups in total. The summed E-state index contributed by atoms with van der Waals surface area (Å²) in [5.74, 6) is 1.50. The third-order valence-electron chi connectivity index (χ3n) is 2.83. The van der Waals surface area contributed by atoms with Crippen LogP contribution in [-0.2, 0) is 11.3 Å². The average Bonchev–Trinajstić information content (AvgIpc) is 3.21. The van der Waals surface area contributed by atoms with E-state index in [4.69, 9.17) is 4.74 Å². The van der Waals surface area contributed by atoms with Gasteiger partial charge in [0.25, 0.3) is 0 Å². The molecule has 0 bridgehead atoms. The largest absolute Gasteiger partial charge is 0.489 e. The summed E-state index contributed by atoms with van der Waals surface area (Å²) in [5.41, 5.74) is 0.543. The molecule has 0 unspecified atom stereocenters. The van der Waals surface area contributed by atoms with E-state index >= 15 is 0 Å². The summed E-state index contributed by atoms with van der Waals surface area (Å²) in [6, 6.07) is 6.57. The van der Waals surface area contributed by atoms with Gasteiger partial charge in [-0.15, -0.1) is 0 Å². The van der Waals surface area contributed by atoms with Crippen LogP contribution in [0.15, 0.2) is 60.9 Å². The molecule has 1 aliphatic rings. The Morgan fingerprint density at radius 1 is 1.40 bits per heavy atom. The molecular formula is C18H23FO. The van der Waals surface area contributed by atoms with Gasteiger partial charge in [-0.25, -0.2) is 4.39 Å². The van der Waals surface area contributed by atoms with Gasteiger partial charge >= 0.3 is 0 Å². The van der Waals surface area contributed by atoms with Gasteiger partial charge in [-0.05, 0) is 31.1 Å². The monoisotopic (exact) mass is 274 g/mol. The maximum absolute atomic E-state index is 13.3. The first-order chi connectivity index (χ1) is 9.67. The van der Waals surface area contributed by atoms with Gasteiger partial charge in [0.1, 0.15) is 18.2 Å². The zero-order chi connectivity index (χ0) is 14.8. The molecule has 108 valence electrons. The third kappa shape index (κ3) is 6.93. The van der Waals surface area contributed by atoms with Crippen LogP contribution >= 0.6 is 0 Å². The molecule has 0 atom stereocenters. The van der Waals surface area contributed by atoms with E-state index in [1.54, 1.807) is 30.4 Å². The average molecular weight is 274 g/mol. The number of hydrogen-bond donors (Lipinski definition) is 0. The Morgan fingerprint density at radius 3 is 2.55 bits per heavy atom. The van der Waals surface area contributed by atoms with Gasteiger partial charge in [0.2, 0.25) is 0 Å². The minimum atomic E-state index is -0.249. The van der Waals surface area contributed by atoms with E-state index in [0.29, 0.717) is 11.3 Å². The van der Waals surface area contributed by atoms with Crippen molar-refractivity contribution in [2.45, 2.75) is 33.3 Å². The zero-order valence-corrected chi connectivity index (χ0v) is 12.3. The zero-order valence-electron chi connectivity index (χ0n) is 12.3. The molecule has 1 aromatic rings. The fraction of sp³-hybridized carbons (Fsp3) is 0.333. The highest BCUT2D eigenvalue weighted by Crippen LogP contribution is 2.26. The Morgan fingerprint density at radius 2 is 2.05 bits per heavy atom. The number of halogens is 1. The lowest BCUT2D eigenvalue weighted by Crippen LogP contribution is -1.94. The van der Waals surface area contributed by atoms with Crippen LogP contribution in [0.2, 0.25) is 0 Å². The molecule has 0 amide bonds. The Balaban J connectivity index is 0.000000425. The molecule has 1 fully saturated rings. The first-order valence-corrected chi connectivity index (χ1v) is 6.99. The normalized spacial score (nSPS) is 14.7. The van der Waals surface area contributed by atoms with Crippen molar-refractivity contribution in [3.63, 3.8) is 0 Å². The maximum atomic E-state index is 13.3. The Labute approximate surface area is 121 Å². The molecule has 0 aliphatic heterocycles. The summed E-state index contributed by atoms with van der Waals surface area (Å²) in [5, 5.41) is 0. The highest BCUT2D eigenvalue weighted by molar-refractivity contribution is 5.19. The number of benzene rings is 1. The molecule has 1 aliphatic carbocycles. The van der Waals surface area contributed by atoms with E-state index in [-0.39, 0.29) is 12.4 Å². The standard InChI is InChI=1S/C14H15FO.C4H8/c1-3-7-13(8-4-2)16-11-12-9-5-6-10-14(12)15;1-4-2-3-4/h3-10H,1,11H2,2H3;4H,2-3H2,1H3/b8-4-,13-7+;. The maximum Gasteiger partial charge on any atom is 0.129 e. The quantitative estimate of drug-likeness (QED) is 0.515. The number of rotatable bonds is 5. The van der Waals surface area contributed by atoms with Gasteiger partial charge < -0.3 is 4.74 Å². The van der Waals surface area contributed by atoms with Crippen LogP contribution in [0, 0.1) is 11.7 Å². The molecule has 0 radical (unpaired) electrons. The first-order valence-electron chi connectivity index (χ1n) is 6.99. The Kier molecular flexibility index (Phi) is 7.41. The van der Waals surface area contributed by atoms with Crippen molar-refractivity contribution >= 4 is 0 Å². The highest BCUT2D eigenvalue weighted by atomic mass is 19.1. The van der Waals surface area contributed by atoms with Crippen LogP contribution in [0.25, 0.3) is 0 Å². The SMILES string of the molecule is C=C/C=C(\C=C/C)OCc1ccccc1F.CC1CC1. The second-order valence-electron chi connectivity index (χ2n) is 4.87. The molecule has 20 heavy (non-hydrogen) atoms. The molecular weight excluding hydrogens is 251 g/mol. The van der Waals surface area contributed by atoms with Crippen molar-refractivity contribution in [2.75, 3.05) is 0 Å². The van der Waals surface area contributed by atoms with Gasteiger partial charge in [-0.1, -0.05) is 56.7 Å². The minimum absolute atomic E-state index is 0.219. The predicted octanol–water partition coefficient (Wildman–Crippen LogP) is 5.40. The Hall–Kier alpha value is -1.83. The van der Waals surface area contributed by atoms with Crippen molar-refractivity contribution in [2.24, 2.45) is 5.92 Å². The molecule has 1 aromatic carbocycles. The fourth-order valence-corrected chi connectivity index (χ4v) is 1.38. The van der Waals surface area contributed by atoms with Crippen molar-refractivity contribution in [1.29, 1.82) is 0 Å². The highest BCUT2D eigenvalue weighted by Gasteiger charge is 2.12. The smallest absolute Gasteiger partial charge is 0.129 e. The number of allylic oxidation sites excluding steroid dienone is 4. The molecule has 1 saturated carbocycles. The summed E-state index contributed by atoms with van der Waals surface area (Å²) >= 11 is 0. The summed E-state index contributed by atoms with van der Waals surface area (Å²) < 4.78 is 18.7. The van der Waals surface area contributed by atoms with E-state index < -0.39 is 0 Å². The number of ether oxygens (including phenoxy) is 1. The van der Waals surface area contributed by atoms with E-state index in [1.807, 2.05) is 19.1 Å². The predicted molar refractivity (Wildman–Crippen MR) is 82.7 cm³/mol. The van der Waals surface area contributed by atoms with E-state index in [2.05, 4.69) is 13.5 Å². The van der Waals surface area contributed by atoms with Gasteiger partial charge in [0.15, 0.2) is 0 Å². The van der Waals surface area contributed by atoms with E-state index in [1.165, 1.54) is 18.9 Å². The molecule has 0 aromatic heterocycles. The summed E-state index contributed by atoms with van der Waals surface area (Å²) in [6.07, 6.45) is 10.0. The third-order valence-corrected chi connectivity index (χ3v) is 2.83. The lowest BCUT2D eigenvalue weighted by molar-refractivity contribution is 0.207. The summed E-state index contributed by atoms with van der Waals surface area (Å²) in [7, 11) is 0. The molecule has 1 nitrogen and oxygen atoms in total. The van der Waals surface area contributed by atoms with Gasteiger partial charge in [0, 0.05) is 5.56 Å². The molecule has 0 saturated heterocycles. The minimum Gasteiger partial charge on any atom is -0.489 e. The van der Waals surface area contributed by atoms with Crippen molar-refractivity contribution in [1.82, 2.24) is 0 Å². The second-order valence-corrected chi connectivity index (χ2v) is 4.87. The van der Waals surface area contributed by atoms with Crippen LogP contribution in [0.4, 0.5) is 4.39 Å². The topological polar surface area (TPSA) is 9.23 Å². The van der Waals surface area contributed by atoms with Crippen LogP contribution in [0.5, 0.6) is 0 Å². The molecule has 2 rings (SSSR count). The van der Waals surface area contributed by atoms with Crippen molar-refractivity contribution in [3.8, 4) is 0 Å². The fourth-order valence-electron chi connectivity index (χ4n) is 1.38. The molecule has 2 heteroatoms. The lowest BCUT2D eigenvalue weighted by Gasteiger charge is -2.07. The van der Waals surface area contributed by atoms with Crippen LogP contribution in [0.1, 0.15) is 32.3 Å². The van der Waals surface area contributed by atoms with Gasteiger partial charge in [0.05, 0.1) is 0 Å². The van der Waals surface area contributed by atoms with Crippen molar-refractivity contribution < 1.29 is 9.13 Å². The van der Waals surface area contributed by atoms with Gasteiger partial charge in [-0.3, -0.25) is 0 Å². The van der Waals surface area contributed by atoms with Gasteiger partial charge in [-0.2, -0.15) is 0 Å². The molecule has 0 heterocycles. The first kappa shape index (κ1) is 16.2. The van der Waals surface area contributed by atoms with E-state index in [0.717, 1.165) is 5.92 Å². The summed E-state index contributed by atoms with van der Waals surface area (Å²) in [6.45, 7) is 7.98. The Bertz CT molecular complexity index is 470. The number of hydrogen-bond acceptors (Lipinski definition) is 1. The van der Waals surface area contributed by atoms with Crippen molar-refractivity contribution in [3.05, 3.63) is 72.3 Å². The van der Waals surface area contributed by atoms with Crippen LogP contribution < -0.4 is 0 Å². The second kappa shape index (κ2) is 9.13. The van der Waals surface area contributed by atoms with Crippen LogP contribution in [-0.4, -0.2) is 0 Å². The molecule has 0 spiro atoms. The summed E-state index contributed by atoms with van der Waals surface area (Å²) in [4.78, 5) is 0.